The van der Waals surface area contributed by atoms with E-state index >= 15 is 0 Å². The Bertz CT molecular complexity index is 805. The van der Waals surface area contributed by atoms with Gasteiger partial charge in [-0.3, -0.25) is 0 Å². The number of thioether (sulfide) groups is 1. The molecule has 0 amide bonds. The van der Waals surface area contributed by atoms with Crippen molar-refractivity contribution in [3.63, 3.8) is 0 Å². The zero-order valence-corrected chi connectivity index (χ0v) is 15.8. The van der Waals surface area contributed by atoms with Gasteiger partial charge in [-0.05, 0) is 47.4 Å². The van der Waals surface area contributed by atoms with Gasteiger partial charge in [0, 0.05) is 10.6 Å². The van der Waals surface area contributed by atoms with Crippen LogP contribution in [0.5, 0.6) is 0 Å². The van der Waals surface area contributed by atoms with Crippen LogP contribution in [-0.2, 0) is 11.3 Å². The summed E-state index contributed by atoms with van der Waals surface area (Å²) in [6.45, 7) is 4.90. The molecule has 0 spiro atoms. The largest absolute Gasteiger partial charge is 0.390 e. The minimum atomic E-state index is -0.575. The van der Waals surface area contributed by atoms with Crippen LogP contribution in [0, 0.1) is 13.8 Å². The van der Waals surface area contributed by atoms with Gasteiger partial charge >= 0.3 is 0 Å². The van der Waals surface area contributed by atoms with Crippen molar-refractivity contribution in [1.82, 2.24) is 20.2 Å². The van der Waals surface area contributed by atoms with Gasteiger partial charge in [0.05, 0.1) is 25.0 Å². The van der Waals surface area contributed by atoms with E-state index in [-0.39, 0.29) is 6.61 Å². The quantitative estimate of drug-likeness (QED) is 0.609. The van der Waals surface area contributed by atoms with Crippen molar-refractivity contribution in [1.29, 1.82) is 0 Å². The summed E-state index contributed by atoms with van der Waals surface area (Å²) in [7, 11) is 0. The summed E-state index contributed by atoms with van der Waals surface area (Å²) in [4.78, 5) is 1.15. The Morgan fingerprint density at radius 1 is 1.32 bits per heavy atom. The third-order valence-corrected chi connectivity index (χ3v) is 5.47. The molecule has 1 atom stereocenters. The van der Waals surface area contributed by atoms with Gasteiger partial charge in [-0.1, -0.05) is 35.5 Å². The number of hydrogen-bond donors (Lipinski definition) is 1. The molecule has 0 aliphatic heterocycles. The maximum absolute atomic E-state index is 10.1. The molecule has 0 aliphatic rings. The Kier molecular flexibility index (Phi) is 6.19. The number of hydrogen-bond acceptors (Lipinski definition) is 7. The fourth-order valence-corrected chi connectivity index (χ4v) is 3.80. The molecule has 1 N–H and O–H groups in total. The number of aliphatic hydroxyl groups is 1. The molecule has 132 valence electrons. The first-order chi connectivity index (χ1) is 12.1. The monoisotopic (exact) mass is 376 g/mol. The smallest absolute Gasteiger partial charge is 0.214 e. The number of tetrazole rings is 1. The van der Waals surface area contributed by atoms with Crippen molar-refractivity contribution >= 4 is 23.1 Å². The molecule has 1 aromatic carbocycles. The second-order valence-electron chi connectivity index (χ2n) is 5.72. The van der Waals surface area contributed by atoms with E-state index in [0.29, 0.717) is 17.5 Å². The lowest BCUT2D eigenvalue weighted by molar-refractivity contribution is 0.0409. The molecule has 3 aromatic rings. The molecule has 0 aliphatic carbocycles. The molecule has 6 nitrogen and oxygen atoms in total. The highest BCUT2D eigenvalue weighted by Gasteiger charge is 2.14. The number of rotatable bonds is 8. The molecular formula is C17H20N4O2S2. The van der Waals surface area contributed by atoms with Gasteiger partial charge in [-0.2, -0.15) is 4.68 Å². The Morgan fingerprint density at radius 2 is 2.20 bits per heavy atom. The van der Waals surface area contributed by atoms with E-state index in [2.05, 4.69) is 28.5 Å². The lowest BCUT2D eigenvalue weighted by Gasteiger charge is -2.11. The maximum Gasteiger partial charge on any atom is 0.214 e. The average Bonchev–Trinajstić information content (AvgIpc) is 3.24. The van der Waals surface area contributed by atoms with E-state index in [9.17, 15) is 5.11 Å². The first-order valence-electron chi connectivity index (χ1n) is 7.90. The lowest BCUT2D eigenvalue weighted by atomic mass is 10.1. The molecule has 0 unspecified atom stereocenters. The van der Waals surface area contributed by atoms with Crippen LogP contribution in [0.25, 0.3) is 5.69 Å². The van der Waals surface area contributed by atoms with Crippen LogP contribution in [0.4, 0.5) is 0 Å². The second kappa shape index (κ2) is 8.57. The summed E-state index contributed by atoms with van der Waals surface area (Å²) >= 11 is 3.06. The van der Waals surface area contributed by atoms with Crippen LogP contribution in [0.1, 0.15) is 16.0 Å². The molecular weight excluding hydrogens is 356 g/mol. The van der Waals surface area contributed by atoms with Crippen LogP contribution < -0.4 is 0 Å². The molecule has 3 rings (SSSR count). The van der Waals surface area contributed by atoms with Crippen molar-refractivity contribution < 1.29 is 9.84 Å². The Labute approximate surface area is 154 Å². The molecule has 0 saturated carbocycles. The molecule has 8 heteroatoms. The predicted molar refractivity (Wildman–Crippen MR) is 99.3 cm³/mol. The van der Waals surface area contributed by atoms with E-state index in [0.717, 1.165) is 16.1 Å². The number of ether oxygens (including phenoxy) is 1. The number of aromatic nitrogens is 4. The van der Waals surface area contributed by atoms with E-state index in [1.807, 2.05) is 36.6 Å². The van der Waals surface area contributed by atoms with E-state index in [1.54, 1.807) is 16.0 Å². The van der Waals surface area contributed by atoms with Crippen LogP contribution >= 0.6 is 23.1 Å². The predicted octanol–water partition coefficient (Wildman–Crippen LogP) is 3.01. The summed E-state index contributed by atoms with van der Waals surface area (Å²) in [5, 5.41) is 24.7. The molecule has 0 saturated heterocycles. The van der Waals surface area contributed by atoms with Gasteiger partial charge in [-0.25, -0.2) is 0 Å². The van der Waals surface area contributed by atoms with Gasteiger partial charge in [-0.15, -0.1) is 16.4 Å². The fraction of sp³-hybridized carbons (Fsp3) is 0.353. The molecule has 2 heterocycles. The Hall–Kier alpha value is -1.74. The topological polar surface area (TPSA) is 73.1 Å². The summed E-state index contributed by atoms with van der Waals surface area (Å²) in [6.07, 6.45) is -0.575. The zero-order chi connectivity index (χ0) is 17.6. The Balaban J connectivity index is 1.54. The molecule has 0 fully saturated rings. The lowest BCUT2D eigenvalue weighted by Crippen LogP contribution is -2.18. The summed E-state index contributed by atoms with van der Waals surface area (Å²) in [5.41, 5.74) is 3.25. The molecule has 2 aromatic heterocycles. The first kappa shape index (κ1) is 18.1. The highest BCUT2D eigenvalue weighted by atomic mass is 32.2. The van der Waals surface area contributed by atoms with Crippen molar-refractivity contribution in [2.45, 2.75) is 31.7 Å². The number of thiophene rings is 1. The molecule has 0 bridgehead atoms. The van der Waals surface area contributed by atoms with Crippen LogP contribution in [-0.4, -0.2) is 43.8 Å². The third kappa shape index (κ3) is 4.88. The standard InChI is InChI=1S/C17H20N4O2S2/c1-12-5-6-16(13(2)8-12)21-17(18-19-20-21)25-11-14(22)9-23-10-15-4-3-7-24-15/h3-8,14,22H,9-11H2,1-2H3/t14-/m0/s1. The van der Waals surface area contributed by atoms with Crippen molar-refractivity contribution in [2.24, 2.45) is 0 Å². The van der Waals surface area contributed by atoms with Crippen LogP contribution in [0.15, 0.2) is 40.9 Å². The van der Waals surface area contributed by atoms with Gasteiger partial charge < -0.3 is 9.84 Å². The normalized spacial score (nSPS) is 12.4. The number of aliphatic hydroxyl groups excluding tert-OH is 1. The zero-order valence-electron chi connectivity index (χ0n) is 14.1. The van der Waals surface area contributed by atoms with Crippen molar-refractivity contribution in [3.05, 3.63) is 51.7 Å². The van der Waals surface area contributed by atoms with E-state index in [4.69, 9.17) is 4.74 Å². The van der Waals surface area contributed by atoms with Gasteiger partial charge in [0.1, 0.15) is 0 Å². The first-order valence-corrected chi connectivity index (χ1v) is 9.77. The van der Waals surface area contributed by atoms with Crippen LogP contribution in [0.3, 0.4) is 0 Å². The second-order valence-corrected chi connectivity index (χ2v) is 7.74. The van der Waals surface area contributed by atoms with Crippen molar-refractivity contribution in [3.8, 4) is 5.69 Å². The minimum Gasteiger partial charge on any atom is -0.390 e. The van der Waals surface area contributed by atoms with Gasteiger partial charge in [0.25, 0.3) is 0 Å². The summed E-state index contributed by atoms with van der Waals surface area (Å²) < 4.78 is 7.25. The maximum atomic E-state index is 10.1. The number of aryl methyl sites for hydroxylation is 2. The summed E-state index contributed by atoms with van der Waals surface area (Å²) in [5.74, 6) is 0.468. The van der Waals surface area contributed by atoms with E-state index in [1.165, 1.54) is 17.3 Å². The van der Waals surface area contributed by atoms with Crippen molar-refractivity contribution in [2.75, 3.05) is 12.4 Å². The Morgan fingerprint density at radius 3 is 2.96 bits per heavy atom. The van der Waals surface area contributed by atoms with E-state index < -0.39 is 6.10 Å². The van der Waals surface area contributed by atoms with Gasteiger partial charge in [0.2, 0.25) is 5.16 Å². The van der Waals surface area contributed by atoms with Gasteiger partial charge in [0.15, 0.2) is 0 Å². The number of nitrogens with zero attached hydrogens (tertiary/aromatic N) is 4. The fourth-order valence-electron chi connectivity index (χ4n) is 2.37. The SMILES string of the molecule is Cc1ccc(-n2nnnc2SC[C@@H](O)COCc2cccs2)c(C)c1. The highest BCUT2D eigenvalue weighted by molar-refractivity contribution is 7.99. The van der Waals surface area contributed by atoms with Crippen LogP contribution in [0.2, 0.25) is 0 Å². The third-order valence-electron chi connectivity index (χ3n) is 3.56. The molecule has 25 heavy (non-hydrogen) atoms. The summed E-state index contributed by atoms with van der Waals surface area (Å²) in [6, 6.07) is 10.1. The highest BCUT2D eigenvalue weighted by Crippen LogP contribution is 2.22. The minimum absolute atomic E-state index is 0.288. The molecule has 0 radical (unpaired) electrons. The average molecular weight is 377 g/mol. The number of benzene rings is 1.